The van der Waals surface area contributed by atoms with E-state index in [-0.39, 0.29) is 37.2 Å². The number of esters is 1. The number of aromatic nitrogens is 1. The summed E-state index contributed by atoms with van der Waals surface area (Å²) in [7, 11) is 1.56. The normalized spacial score (nSPS) is 15.4. The second-order valence-corrected chi connectivity index (χ2v) is 12.9. The summed E-state index contributed by atoms with van der Waals surface area (Å²) in [6.07, 6.45) is 1.65. The first kappa shape index (κ1) is 32.4. The molecule has 2 aliphatic heterocycles. The molecule has 3 heterocycles. The van der Waals surface area contributed by atoms with Gasteiger partial charge in [-0.05, 0) is 75.2 Å². The van der Waals surface area contributed by atoms with Crippen LogP contribution in [0.2, 0.25) is 0 Å². The molecule has 244 valence electrons. The molecule has 1 aromatic heterocycles. The Balaban J connectivity index is 1.40. The van der Waals surface area contributed by atoms with Gasteiger partial charge in [0.25, 0.3) is 5.56 Å². The number of para-hydroxylation sites is 1. The third-order valence-electron chi connectivity index (χ3n) is 7.49. The smallest absolute Gasteiger partial charge is 0.338 e. The Morgan fingerprint density at radius 2 is 1.89 bits per heavy atom. The lowest BCUT2D eigenvalue weighted by molar-refractivity contribution is -0.139. The minimum atomic E-state index is -0.799. The van der Waals surface area contributed by atoms with Gasteiger partial charge in [-0.3, -0.25) is 9.36 Å². The molecule has 6 rings (SSSR count). The fourth-order valence-corrected chi connectivity index (χ4v) is 6.89. The van der Waals surface area contributed by atoms with Crippen LogP contribution in [0, 0.1) is 0 Å². The molecular formula is C35H33BrN2O8S. The van der Waals surface area contributed by atoms with Crippen molar-refractivity contribution in [2.45, 2.75) is 46.4 Å². The second kappa shape index (κ2) is 13.7. The second-order valence-electron chi connectivity index (χ2n) is 11.0. The third kappa shape index (κ3) is 6.52. The highest BCUT2D eigenvalue weighted by Crippen LogP contribution is 2.38. The lowest BCUT2D eigenvalue weighted by Gasteiger charge is -2.26. The molecule has 0 N–H and O–H groups in total. The van der Waals surface area contributed by atoms with Gasteiger partial charge in [-0.2, -0.15) is 0 Å². The van der Waals surface area contributed by atoms with E-state index in [1.165, 1.54) is 11.3 Å². The number of thiazole rings is 1. The van der Waals surface area contributed by atoms with Crippen molar-refractivity contribution in [3.05, 3.63) is 107 Å². The number of methoxy groups -OCH3 is 1. The summed E-state index contributed by atoms with van der Waals surface area (Å²) in [6, 6.07) is 15.9. The van der Waals surface area contributed by atoms with Crippen molar-refractivity contribution in [3.63, 3.8) is 0 Å². The first-order valence-electron chi connectivity index (χ1n) is 15.0. The number of fused-ring (bicyclic) bond motifs is 2. The summed E-state index contributed by atoms with van der Waals surface area (Å²) in [5.74, 6) is 2.44. The van der Waals surface area contributed by atoms with Crippen LogP contribution in [-0.2, 0) is 16.1 Å². The Hall–Kier alpha value is -4.55. The molecule has 0 aliphatic carbocycles. The molecule has 0 spiro atoms. The maximum absolute atomic E-state index is 14.2. The van der Waals surface area contributed by atoms with Crippen LogP contribution in [0.4, 0.5) is 0 Å². The molecule has 0 fully saturated rings. The number of nitrogens with zero attached hydrogens (tertiary/aromatic N) is 2. The van der Waals surface area contributed by atoms with Crippen molar-refractivity contribution in [2.75, 3.05) is 20.5 Å². The van der Waals surface area contributed by atoms with Gasteiger partial charge in [-0.1, -0.05) is 51.5 Å². The van der Waals surface area contributed by atoms with Crippen molar-refractivity contribution in [1.29, 1.82) is 0 Å². The van der Waals surface area contributed by atoms with Crippen molar-refractivity contribution < 1.29 is 33.2 Å². The number of ether oxygens (including phenoxy) is 6. The van der Waals surface area contributed by atoms with E-state index in [1.54, 1.807) is 43.7 Å². The van der Waals surface area contributed by atoms with E-state index < -0.39 is 12.0 Å². The van der Waals surface area contributed by atoms with E-state index in [2.05, 4.69) is 15.9 Å². The Kier molecular flexibility index (Phi) is 9.42. The van der Waals surface area contributed by atoms with Gasteiger partial charge in [-0.25, -0.2) is 9.79 Å². The van der Waals surface area contributed by atoms with Crippen molar-refractivity contribution in [3.8, 4) is 28.7 Å². The average Bonchev–Trinajstić information content (AvgIpc) is 3.63. The fourth-order valence-electron chi connectivity index (χ4n) is 5.42. The van der Waals surface area contributed by atoms with E-state index in [9.17, 15) is 9.59 Å². The molecule has 0 amide bonds. The van der Waals surface area contributed by atoms with E-state index in [0.717, 1.165) is 5.56 Å². The van der Waals surface area contributed by atoms with Crippen molar-refractivity contribution in [1.82, 2.24) is 4.57 Å². The van der Waals surface area contributed by atoms with E-state index >= 15 is 0 Å². The molecule has 0 saturated heterocycles. The van der Waals surface area contributed by atoms with Crippen LogP contribution in [0.5, 0.6) is 28.7 Å². The summed E-state index contributed by atoms with van der Waals surface area (Å²) in [6.45, 7) is 8.02. The van der Waals surface area contributed by atoms with Gasteiger partial charge in [0.1, 0.15) is 18.4 Å². The van der Waals surface area contributed by atoms with Gasteiger partial charge in [-0.15, -0.1) is 0 Å². The largest absolute Gasteiger partial charge is 0.493 e. The molecule has 0 radical (unpaired) electrons. The molecule has 1 atom stereocenters. The minimum Gasteiger partial charge on any atom is -0.493 e. The molecular weight excluding hydrogens is 688 g/mol. The Morgan fingerprint density at radius 3 is 2.66 bits per heavy atom. The highest BCUT2D eigenvalue weighted by molar-refractivity contribution is 9.10. The predicted molar refractivity (Wildman–Crippen MR) is 180 cm³/mol. The Morgan fingerprint density at radius 1 is 1.11 bits per heavy atom. The van der Waals surface area contributed by atoms with Crippen LogP contribution < -0.4 is 38.6 Å². The van der Waals surface area contributed by atoms with Gasteiger partial charge < -0.3 is 28.4 Å². The van der Waals surface area contributed by atoms with Crippen LogP contribution in [0.3, 0.4) is 0 Å². The molecule has 0 unspecified atom stereocenters. The molecule has 47 heavy (non-hydrogen) atoms. The number of carbonyl (C=O) groups is 1. The monoisotopic (exact) mass is 720 g/mol. The summed E-state index contributed by atoms with van der Waals surface area (Å²) >= 11 is 4.89. The lowest BCUT2D eigenvalue weighted by atomic mass is 9.95. The number of benzene rings is 3. The summed E-state index contributed by atoms with van der Waals surface area (Å²) in [4.78, 5) is 32.7. The average molecular weight is 722 g/mol. The molecule has 0 saturated carbocycles. The maximum atomic E-state index is 14.2. The Bertz CT molecular complexity index is 2070. The fraction of sp³-hybridized carbons (Fsp3) is 0.286. The molecule has 4 aromatic rings. The molecule has 10 nitrogen and oxygen atoms in total. The van der Waals surface area contributed by atoms with E-state index in [1.807, 2.05) is 56.3 Å². The molecule has 12 heteroatoms. The zero-order valence-electron chi connectivity index (χ0n) is 26.5. The van der Waals surface area contributed by atoms with Crippen molar-refractivity contribution in [2.24, 2.45) is 4.99 Å². The van der Waals surface area contributed by atoms with Gasteiger partial charge in [0.05, 0.1) is 35.6 Å². The number of hydrogen-bond acceptors (Lipinski definition) is 10. The van der Waals surface area contributed by atoms with Gasteiger partial charge in [0.2, 0.25) is 6.79 Å². The van der Waals surface area contributed by atoms with Crippen LogP contribution in [0.15, 0.2) is 80.1 Å². The topological polar surface area (TPSA) is 107 Å². The van der Waals surface area contributed by atoms with Crippen LogP contribution >= 0.6 is 27.3 Å². The van der Waals surface area contributed by atoms with Crippen LogP contribution in [0.25, 0.3) is 6.08 Å². The molecule has 3 aromatic carbocycles. The number of halogens is 1. The quantitative estimate of drug-likeness (QED) is 0.193. The Labute approximate surface area is 283 Å². The summed E-state index contributed by atoms with van der Waals surface area (Å²) < 4.78 is 36.9. The number of allylic oxidation sites excluding steroid dienone is 1. The van der Waals surface area contributed by atoms with Crippen molar-refractivity contribution >= 4 is 39.3 Å². The first-order chi connectivity index (χ1) is 22.7. The van der Waals surface area contributed by atoms with Gasteiger partial charge in [0.15, 0.2) is 27.8 Å². The summed E-state index contributed by atoms with van der Waals surface area (Å²) in [5.41, 5.74) is 2.73. The van der Waals surface area contributed by atoms with E-state index in [0.29, 0.717) is 59.4 Å². The zero-order valence-corrected chi connectivity index (χ0v) is 28.9. The molecule has 0 bridgehead atoms. The van der Waals surface area contributed by atoms with Gasteiger partial charge in [0, 0.05) is 10.0 Å². The van der Waals surface area contributed by atoms with E-state index in [4.69, 9.17) is 33.4 Å². The number of carbonyl (C=O) groups excluding carboxylic acids is 1. The van der Waals surface area contributed by atoms with Crippen LogP contribution in [-0.4, -0.2) is 37.1 Å². The standard InChI is InChI=1S/C35H33BrN2O8S/c1-6-42-34(40)31-20(4)37-35-38(32(31)23-9-7-8-10-25(23)46-19(2)3)33(39)30(47-35)15-22-14-27(41-5)29(16-24(22)36)43-17-21-11-12-26-28(13-21)45-18-44-26/h7-16,19,32H,6,17-18H2,1-5H3/b30-15+/t32-/m1/s1. The SMILES string of the molecule is CCOC(=O)C1=C(C)N=c2s/c(=C/c3cc(OC)c(OCc4ccc5c(c4)OCO5)cc3Br)c(=O)n2[C@@H]1c1ccccc1OC(C)C. The predicted octanol–water partition coefficient (Wildman–Crippen LogP) is 5.66. The maximum Gasteiger partial charge on any atom is 0.338 e. The zero-order chi connectivity index (χ0) is 33.2. The summed E-state index contributed by atoms with van der Waals surface area (Å²) in [5, 5.41) is 0. The lowest BCUT2D eigenvalue weighted by Crippen LogP contribution is -2.40. The number of rotatable bonds is 10. The highest BCUT2D eigenvalue weighted by Gasteiger charge is 2.35. The number of hydrogen-bond donors (Lipinski definition) is 0. The van der Waals surface area contributed by atoms with Crippen LogP contribution in [0.1, 0.15) is 50.4 Å². The molecule has 2 aliphatic rings. The third-order valence-corrected chi connectivity index (χ3v) is 9.16. The first-order valence-corrected chi connectivity index (χ1v) is 16.6. The minimum absolute atomic E-state index is 0.126. The highest BCUT2D eigenvalue weighted by atomic mass is 79.9. The van der Waals surface area contributed by atoms with Gasteiger partial charge >= 0.3 is 5.97 Å².